The summed E-state index contributed by atoms with van der Waals surface area (Å²) in [6.45, 7) is 6.17. The van der Waals surface area contributed by atoms with E-state index >= 15 is 0 Å². The molecule has 3 rings (SSSR count). The molecule has 0 bridgehead atoms. The van der Waals surface area contributed by atoms with Crippen LogP contribution in [0.5, 0.6) is 0 Å². The fraction of sp³-hybridized carbons (Fsp3) is 0.455. The summed E-state index contributed by atoms with van der Waals surface area (Å²) in [4.78, 5) is 44.5. The third-order valence-corrected chi connectivity index (χ3v) is 8.32. The van der Waals surface area contributed by atoms with E-state index in [2.05, 4.69) is 46.9 Å². The van der Waals surface area contributed by atoms with Crippen LogP contribution in [0, 0.1) is 0 Å². The van der Waals surface area contributed by atoms with Crippen molar-refractivity contribution in [2.45, 2.75) is 83.5 Å². The number of thiazole rings is 1. The Balaban J connectivity index is 1.67. The molecular weight excluding hydrogens is 560 g/mol. The minimum atomic E-state index is -0.834. The Hall–Kier alpha value is -3.76. The van der Waals surface area contributed by atoms with Gasteiger partial charge in [0.25, 0.3) is 0 Å². The number of hydrogen-bond acceptors (Lipinski definition) is 6. The second kappa shape index (κ2) is 17.4. The first-order valence-electron chi connectivity index (χ1n) is 14.9. The van der Waals surface area contributed by atoms with Crippen LogP contribution in [-0.2, 0) is 29.0 Å². The summed E-state index contributed by atoms with van der Waals surface area (Å²) in [5.74, 6) is -0.168. The van der Waals surface area contributed by atoms with E-state index in [1.54, 1.807) is 18.4 Å². The van der Waals surface area contributed by atoms with Crippen molar-refractivity contribution in [2.24, 2.45) is 5.73 Å². The number of rotatable bonds is 16. The molecule has 5 N–H and O–H groups in total. The molecule has 4 amide bonds. The number of nitrogens with zero attached hydrogens (tertiary/aromatic N) is 2. The number of amides is 4. The Morgan fingerprint density at radius 3 is 2.12 bits per heavy atom. The van der Waals surface area contributed by atoms with Crippen molar-refractivity contribution in [2.75, 3.05) is 13.6 Å². The van der Waals surface area contributed by atoms with Gasteiger partial charge < -0.3 is 26.6 Å². The number of benzene rings is 2. The van der Waals surface area contributed by atoms with E-state index in [0.717, 1.165) is 29.1 Å². The molecule has 3 aromatic rings. The van der Waals surface area contributed by atoms with Crippen molar-refractivity contribution in [1.82, 2.24) is 25.8 Å². The average molecular weight is 607 g/mol. The summed E-state index contributed by atoms with van der Waals surface area (Å²) < 4.78 is 0. The number of carbonyl (C=O) groups is 3. The van der Waals surface area contributed by atoms with Crippen molar-refractivity contribution in [1.29, 1.82) is 0 Å². The molecule has 0 aliphatic rings. The maximum absolute atomic E-state index is 13.7. The van der Waals surface area contributed by atoms with Gasteiger partial charge in [0.2, 0.25) is 11.8 Å². The van der Waals surface area contributed by atoms with Crippen LogP contribution in [-0.4, -0.2) is 59.4 Å². The molecule has 0 saturated heterocycles. The zero-order chi connectivity index (χ0) is 31.2. The SMILES string of the molecule is CC(=O)NCC[C@H](NC(=O)N(C)Cc1csc(C(C)C)n1)C(=O)NC(CCC(N)Cc1ccccc1)Cc1ccccc1. The van der Waals surface area contributed by atoms with Crippen LogP contribution < -0.4 is 21.7 Å². The zero-order valence-electron chi connectivity index (χ0n) is 25.7. The lowest BCUT2D eigenvalue weighted by Gasteiger charge is -2.26. The first-order valence-corrected chi connectivity index (χ1v) is 15.8. The Kier molecular flexibility index (Phi) is 13.6. The molecule has 0 aliphatic heterocycles. The molecule has 43 heavy (non-hydrogen) atoms. The summed E-state index contributed by atoms with van der Waals surface area (Å²) in [5.41, 5.74) is 9.58. The minimum absolute atomic E-state index is 0.0524. The van der Waals surface area contributed by atoms with Gasteiger partial charge in [0.05, 0.1) is 17.2 Å². The normalized spacial score (nSPS) is 13.2. The number of carbonyl (C=O) groups excluding carboxylic acids is 3. The van der Waals surface area contributed by atoms with Gasteiger partial charge >= 0.3 is 6.03 Å². The van der Waals surface area contributed by atoms with E-state index in [-0.39, 0.29) is 42.9 Å². The van der Waals surface area contributed by atoms with Gasteiger partial charge in [0.15, 0.2) is 0 Å². The highest BCUT2D eigenvalue weighted by atomic mass is 32.1. The van der Waals surface area contributed by atoms with Gasteiger partial charge in [-0.25, -0.2) is 9.78 Å². The van der Waals surface area contributed by atoms with Crippen molar-refractivity contribution in [3.8, 4) is 0 Å². The maximum Gasteiger partial charge on any atom is 0.318 e. The number of aromatic nitrogens is 1. The van der Waals surface area contributed by atoms with Gasteiger partial charge in [0.1, 0.15) is 6.04 Å². The lowest BCUT2D eigenvalue weighted by atomic mass is 9.96. The van der Waals surface area contributed by atoms with Crippen LogP contribution in [0.3, 0.4) is 0 Å². The molecule has 10 heteroatoms. The maximum atomic E-state index is 13.7. The lowest BCUT2D eigenvalue weighted by Crippen LogP contribution is -2.53. The molecule has 1 heterocycles. The fourth-order valence-corrected chi connectivity index (χ4v) is 5.58. The van der Waals surface area contributed by atoms with Gasteiger partial charge in [-0.15, -0.1) is 11.3 Å². The Morgan fingerprint density at radius 2 is 1.53 bits per heavy atom. The molecule has 2 aromatic carbocycles. The topological polar surface area (TPSA) is 129 Å². The molecule has 3 atom stereocenters. The van der Waals surface area contributed by atoms with Crippen LogP contribution in [0.15, 0.2) is 66.0 Å². The summed E-state index contributed by atoms with van der Waals surface area (Å²) in [7, 11) is 1.68. The molecule has 232 valence electrons. The molecule has 1 aromatic heterocycles. The summed E-state index contributed by atoms with van der Waals surface area (Å²) in [6.07, 6.45) is 3.06. The van der Waals surface area contributed by atoms with E-state index in [1.807, 2.05) is 53.9 Å². The summed E-state index contributed by atoms with van der Waals surface area (Å²) in [5, 5.41) is 11.8. The number of hydrogen-bond donors (Lipinski definition) is 4. The summed E-state index contributed by atoms with van der Waals surface area (Å²) >= 11 is 1.58. The Bertz CT molecular complexity index is 1280. The molecule has 2 unspecified atom stereocenters. The van der Waals surface area contributed by atoms with E-state index in [4.69, 9.17) is 5.73 Å². The van der Waals surface area contributed by atoms with Crippen molar-refractivity contribution < 1.29 is 14.4 Å². The molecule has 0 spiro atoms. The molecular formula is C33H46N6O3S. The van der Waals surface area contributed by atoms with Crippen LogP contribution in [0.2, 0.25) is 0 Å². The Morgan fingerprint density at radius 1 is 0.907 bits per heavy atom. The zero-order valence-corrected chi connectivity index (χ0v) is 26.5. The molecule has 0 aliphatic carbocycles. The molecule has 0 saturated carbocycles. The highest BCUT2D eigenvalue weighted by Gasteiger charge is 2.25. The Labute approximate surface area is 259 Å². The standard InChI is InChI=1S/C33H46N6O3S/c1-23(2)32-37-29(22-43-32)21-39(4)33(42)38-30(17-18-35-24(3)40)31(41)36-28(20-26-13-9-6-10-14-26)16-15-27(34)19-25-11-7-5-8-12-25/h5-14,22-23,27-28,30H,15-21,34H2,1-4H3,(H,35,40)(H,36,41)(H,38,42)/t27?,28?,30-/m0/s1. The first-order chi connectivity index (χ1) is 20.6. The van der Waals surface area contributed by atoms with Gasteiger partial charge in [-0.05, 0) is 43.2 Å². The molecule has 0 fully saturated rings. The molecule has 0 radical (unpaired) electrons. The molecule has 9 nitrogen and oxygen atoms in total. The quantitative estimate of drug-likeness (QED) is 0.192. The van der Waals surface area contributed by atoms with Gasteiger partial charge in [-0.1, -0.05) is 74.5 Å². The van der Waals surface area contributed by atoms with Crippen LogP contribution >= 0.6 is 11.3 Å². The van der Waals surface area contributed by atoms with Crippen molar-refractivity contribution in [3.05, 3.63) is 87.9 Å². The first kappa shape index (κ1) is 33.7. The van der Waals surface area contributed by atoms with E-state index < -0.39 is 6.04 Å². The second-order valence-electron chi connectivity index (χ2n) is 11.4. The average Bonchev–Trinajstić information content (AvgIpc) is 3.45. The minimum Gasteiger partial charge on any atom is -0.356 e. The van der Waals surface area contributed by atoms with Crippen molar-refractivity contribution in [3.63, 3.8) is 0 Å². The van der Waals surface area contributed by atoms with Gasteiger partial charge in [-0.2, -0.15) is 0 Å². The highest BCUT2D eigenvalue weighted by molar-refractivity contribution is 7.09. The lowest BCUT2D eigenvalue weighted by molar-refractivity contribution is -0.124. The third kappa shape index (κ3) is 12.2. The highest BCUT2D eigenvalue weighted by Crippen LogP contribution is 2.20. The predicted molar refractivity (Wildman–Crippen MR) is 173 cm³/mol. The van der Waals surface area contributed by atoms with E-state index in [9.17, 15) is 14.4 Å². The van der Waals surface area contributed by atoms with E-state index in [1.165, 1.54) is 17.4 Å². The van der Waals surface area contributed by atoms with Crippen molar-refractivity contribution >= 4 is 29.2 Å². The largest absolute Gasteiger partial charge is 0.356 e. The van der Waals surface area contributed by atoms with Gasteiger partial charge in [0, 0.05) is 43.9 Å². The van der Waals surface area contributed by atoms with E-state index in [0.29, 0.717) is 25.3 Å². The monoisotopic (exact) mass is 606 g/mol. The fourth-order valence-electron chi connectivity index (χ4n) is 4.76. The predicted octanol–water partition coefficient (Wildman–Crippen LogP) is 4.38. The summed E-state index contributed by atoms with van der Waals surface area (Å²) in [6, 6.07) is 18.7. The van der Waals surface area contributed by atoms with Gasteiger partial charge in [-0.3, -0.25) is 9.59 Å². The van der Waals surface area contributed by atoms with Crippen LogP contribution in [0.1, 0.15) is 67.8 Å². The smallest absolute Gasteiger partial charge is 0.318 e. The number of urea groups is 1. The number of nitrogens with two attached hydrogens (primary N) is 1. The number of nitrogens with one attached hydrogen (secondary N) is 3. The third-order valence-electron chi connectivity index (χ3n) is 7.13. The van der Waals surface area contributed by atoms with Crippen LogP contribution in [0.25, 0.3) is 0 Å². The second-order valence-corrected chi connectivity index (χ2v) is 12.3. The van der Waals surface area contributed by atoms with Crippen LogP contribution in [0.4, 0.5) is 4.79 Å².